The fourth-order valence-electron chi connectivity index (χ4n) is 1.79. The summed E-state index contributed by atoms with van der Waals surface area (Å²) in [6.45, 7) is 5.32. The maximum absolute atomic E-state index is 12.1. The predicted molar refractivity (Wildman–Crippen MR) is 106 cm³/mol. The third-order valence-electron chi connectivity index (χ3n) is 3.26. The first-order valence-corrected chi connectivity index (χ1v) is 8.95. The van der Waals surface area contributed by atoms with Crippen LogP contribution in [-0.2, 0) is 4.79 Å². The molecule has 1 N–H and O–H groups in total. The number of carbonyl (C=O) groups is 2. The highest BCUT2D eigenvalue weighted by Gasteiger charge is 2.24. The van der Waals surface area contributed by atoms with Crippen LogP contribution >= 0.6 is 27.5 Å². The third kappa shape index (κ3) is 5.68. The van der Waals surface area contributed by atoms with Crippen LogP contribution in [0.3, 0.4) is 0 Å². The molecule has 1 amide bonds. The molecule has 0 saturated carbocycles. The van der Waals surface area contributed by atoms with Crippen molar-refractivity contribution < 1.29 is 14.3 Å². The van der Waals surface area contributed by atoms with E-state index in [9.17, 15) is 9.59 Å². The second-order valence-electron chi connectivity index (χ2n) is 6.53. The highest BCUT2D eigenvalue weighted by molar-refractivity contribution is 9.10. The van der Waals surface area contributed by atoms with E-state index in [2.05, 4.69) is 26.5 Å². The minimum absolute atomic E-state index is 0.359. The minimum atomic E-state index is -0.635. The molecule has 0 aliphatic carbocycles. The zero-order chi connectivity index (χ0) is 19.3. The van der Waals surface area contributed by atoms with Crippen LogP contribution in [0.1, 0.15) is 36.7 Å². The van der Waals surface area contributed by atoms with E-state index in [4.69, 9.17) is 16.3 Å². The van der Waals surface area contributed by atoms with Crippen molar-refractivity contribution >= 4 is 45.6 Å². The second-order valence-corrected chi connectivity index (χ2v) is 7.88. The van der Waals surface area contributed by atoms with E-state index in [1.807, 2.05) is 0 Å². The lowest BCUT2D eigenvalue weighted by Gasteiger charge is -2.17. The number of hydrazone groups is 1. The van der Waals surface area contributed by atoms with Crippen LogP contribution in [0, 0.1) is 5.41 Å². The van der Waals surface area contributed by atoms with Crippen LogP contribution in [-0.4, -0.2) is 18.1 Å². The van der Waals surface area contributed by atoms with E-state index in [1.54, 1.807) is 63.2 Å². The Bertz CT molecular complexity index is 843. The summed E-state index contributed by atoms with van der Waals surface area (Å²) in [5, 5.41) is 4.49. The van der Waals surface area contributed by atoms with Gasteiger partial charge in [0.05, 0.1) is 11.6 Å². The van der Waals surface area contributed by atoms with Crippen molar-refractivity contribution in [1.29, 1.82) is 0 Å². The summed E-state index contributed by atoms with van der Waals surface area (Å²) in [5.74, 6) is -0.376. The van der Waals surface area contributed by atoms with Gasteiger partial charge in [-0.2, -0.15) is 5.10 Å². The van der Waals surface area contributed by atoms with E-state index < -0.39 is 5.41 Å². The molecule has 0 aliphatic rings. The van der Waals surface area contributed by atoms with Crippen LogP contribution in [0.2, 0.25) is 5.02 Å². The van der Waals surface area contributed by atoms with Crippen LogP contribution in [0.4, 0.5) is 0 Å². The molecule has 2 aromatic carbocycles. The number of hydrogen-bond donors (Lipinski definition) is 1. The van der Waals surface area contributed by atoms with Gasteiger partial charge in [0.2, 0.25) is 0 Å². The van der Waals surface area contributed by atoms with Gasteiger partial charge in [0.25, 0.3) is 5.91 Å². The Morgan fingerprint density at radius 2 is 1.81 bits per heavy atom. The molecule has 0 heterocycles. The SMILES string of the molecule is CC(C)(C)C(=O)Oc1ccc(Br)cc1/C=N/NC(=O)c1ccc(Cl)cc1. The number of amides is 1. The molecular formula is C19H18BrClN2O3. The highest BCUT2D eigenvalue weighted by Crippen LogP contribution is 2.25. The zero-order valence-corrected chi connectivity index (χ0v) is 16.9. The van der Waals surface area contributed by atoms with Crippen molar-refractivity contribution in [1.82, 2.24) is 5.43 Å². The lowest BCUT2D eigenvalue weighted by molar-refractivity contribution is -0.143. The Hall–Kier alpha value is -2.18. The average Bonchev–Trinajstić information content (AvgIpc) is 2.56. The van der Waals surface area contributed by atoms with Crippen molar-refractivity contribution in [2.24, 2.45) is 10.5 Å². The molecule has 0 radical (unpaired) electrons. The van der Waals surface area contributed by atoms with Gasteiger partial charge in [-0.1, -0.05) is 27.5 Å². The quantitative estimate of drug-likeness (QED) is 0.323. The van der Waals surface area contributed by atoms with Crippen LogP contribution in [0.5, 0.6) is 5.75 Å². The number of nitrogens with zero attached hydrogens (tertiary/aromatic N) is 1. The molecule has 0 bridgehead atoms. The summed E-state index contributed by atoms with van der Waals surface area (Å²) in [5.41, 5.74) is 2.77. The number of benzene rings is 2. The number of ether oxygens (including phenoxy) is 1. The van der Waals surface area contributed by atoms with Crippen LogP contribution in [0.25, 0.3) is 0 Å². The molecule has 7 heteroatoms. The molecule has 0 unspecified atom stereocenters. The Morgan fingerprint density at radius 3 is 2.42 bits per heavy atom. The van der Waals surface area contributed by atoms with E-state index in [0.29, 0.717) is 21.9 Å². The van der Waals surface area contributed by atoms with Crippen LogP contribution < -0.4 is 10.2 Å². The molecular weight excluding hydrogens is 420 g/mol. The predicted octanol–water partition coefficient (Wildman–Crippen LogP) is 4.82. The molecule has 0 saturated heterocycles. The summed E-state index contributed by atoms with van der Waals surface area (Å²) in [6.07, 6.45) is 1.42. The standard InChI is InChI=1S/C19H18BrClN2O3/c1-19(2,3)18(25)26-16-9-6-14(20)10-13(16)11-22-23-17(24)12-4-7-15(21)8-5-12/h4-11H,1-3H3,(H,23,24)/b22-11+. The van der Waals surface area contributed by atoms with E-state index in [1.165, 1.54) is 6.21 Å². The van der Waals surface area contributed by atoms with Gasteiger partial charge in [0, 0.05) is 20.6 Å². The number of halogens is 2. The van der Waals surface area contributed by atoms with Gasteiger partial charge in [-0.25, -0.2) is 5.43 Å². The molecule has 0 spiro atoms. The van der Waals surface area contributed by atoms with Gasteiger partial charge in [-0.15, -0.1) is 0 Å². The molecule has 2 aromatic rings. The Morgan fingerprint density at radius 1 is 1.15 bits per heavy atom. The number of esters is 1. The molecule has 0 atom stereocenters. The Balaban J connectivity index is 2.13. The topological polar surface area (TPSA) is 67.8 Å². The van der Waals surface area contributed by atoms with Gasteiger partial charge in [0.1, 0.15) is 5.75 Å². The van der Waals surface area contributed by atoms with Crippen molar-refractivity contribution in [2.75, 3.05) is 0 Å². The van der Waals surface area contributed by atoms with E-state index in [-0.39, 0.29) is 11.9 Å². The first kappa shape index (κ1) is 20.1. The molecule has 136 valence electrons. The summed E-state index contributed by atoms with van der Waals surface area (Å²) in [4.78, 5) is 24.2. The van der Waals surface area contributed by atoms with Crippen molar-refractivity contribution in [3.05, 3.63) is 63.1 Å². The highest BCUT2D eigenvalue weighted by atomic mass is 79.9. The molecule has 2 rings (SSSR count). The summed E-state index contributed by atoms with van der Waals surface area (Å²) < 4.78 is 6.23. The fourth-order valence-corrected chi connectivity index (χ4v) is 2.30. The first-order chi connectivity index (χ1) is 12.2. The summed E-state index contributed by atoms with van der Waals surface area (Å²) in [7, 11) is 0. The largest absolute Gasteiger partial charge is 0.425 e. The summed E-state index contributed by atoms with van der Waals surface area (Å²) >= 11 is 9.16. The minimum Gasteiger partial charge on any atom is -0.425 e. The fraction of sp³-hybridized carbons (Fsp3) is 0.211. The smallest absolute Gasteiger partial charge is 0.316 e. The van der Waals surface area contributed by atoms with Gasteiger partial charge in [-0.05, 0) is 63.2 Å². The number of hydrogen-bond acceptors (Lipinski definition) is 4. The second kappa shape index (κ2) is 8.47. The van der Waals surface area contributed by atoms with Gasteiger partial charge in [0.15, 0.2) is 0 Å². The molecule has 26 heavy (non-hydrogen) atoms. The monoisotopic (exact) mass is 436 g/mol. The maximum Gasteiger partial charge on any atom is 0.316 e. The number of rotatable bonds is 4. The average molecular weight is 438 g/mol. The van der Waals surface area contributed by atoms with Gasteiger partial charge in [-0.3, -0.25) is 9.59 Å². The molecule has 5 nitrogen and oxygen atoms in total. The van der Waals surface area contributed by atoms with Gasteiger partial charge >= 0.3 is 5.97 Å². The van der Waals surface area contributed by atoms with Crippen molar-refractivity contribution in [3.8, 4) is 5.75 Å². The molecule has 0 fully saturated rings. The van der Waals surface area contributed by atoms with Crippen molar-refractivity contribution in [3.63, 3.8) is 0 Å². The maximum atomic E-state index is 12.1. The number of carbonyl (C=O) groups excluding carboxylic acids is 2. The Kier molecular flexibility index (Phi) is 6.56. The Labute approximate surface area is 165 Å². The van der Waals surface area contributed by atoms with Crippen LogP contribution in [0.15, 0.2) is 52.0 Å². The molecule has 0 aromatic heterocycles. The lowest BCUT2D eigenvalue weighted by atomic mass is 9.97. The lowest BCUT2D eigenvalue weighted by Crippen LogP contribution is -2.26. The van der Waals surface area contributed by atoms with Gasteiger partial charge < -0.3 is 4.74 Å². The summed E-state index contributed by atoms with van der Waals surface area (Å²) in [6, 6.07) is 11.6. The van der Waals surface area contributed by atoms with E-state index >= 15 is 0 Å². The van der Waals surface area contributed by atoms with Crippen molar-refractivity contribution in [2.45, 2.75) is 20.8 Å². The first-order valence-electron chi connectivity index (χ1n) is 7.77. The molecule has 0 aliphatic heterocycles. The third-order valence-corrected chi connectivity index (χ3v) is 4.01. The normalized spacial score (nSPS) is 11.4. The van der Waals surface area contributed by atoms with E-state index in [0.717, 1.165) is 4.47 Å². The number of nitrogens with one attached hydrogen (secondary N) is 1. The zero-order valence-electron chi connectivity index (χ0n) is 14.5.